The fraction of sp³-hybridized carbons (Fsp3) is 0.0625. The van der Waals surface area contributed by atoms with E-state index in [4.69, 9.17) is 5.11 Å². The highest BCUT2D eigenvalue weighted by atomic mass is 19.1. The summed E-state index contributed by atoms with van der Waals surface area (Å²) >= 11 is 0. The Bertz CT molecular complexity index is 775. The minimum atomic E-state index is -0.940. The van der Waals surface area contributed by atoms with Gasteiger partial charge < -0.3 is 9.67 Å². The number of rotatable bonds is 3. The molecular formula is C16H12FNO2. The zero-order valence-electron chi connectivity index (χ0n) is 10.6. The highest BCUT2D eigenvalue weighted by Gasteiger charge is 2.06. The standard InChI is InChI=1S/C16H12FNO2/c17-14-2-1-3-15-13(14)8-9-18(15)10-11-4-6-12(7-5-11)16(19)20/h1-9H,10H2,(H,19,20). The Balaban J connectivity index is 1.93. The quantitative estimate of drug-likeness (QED) is 0.790. The topological polar surface area (TPSA) is 42.2 Å². The van der Waals surface area contributed by atoms with E-state index in [1.165, 1.54) is 6.07 Å². The van der Waals surface area contributed by atoms with Gasteiger partial charge in [0, 0.05) is 18.1 Å². The maximum atomic E-state index is 13.6. The van der Waals surface area contributed by atoms with Crippen LogP contribution >= 0.6 is 0 Å². The normalized spacial score (nSPS) is 10.8. The second-order valence-electron chi connectivity index (χ2n) is 4.62. The van der Waals surface area contributed by atoms with Gasteiger partial charge in [0.15, 0.2) is 0 Å². The second-order valence-corrected chi connectivity index (χ2v) is 4.62. The Morgan fingerprint density at radius 2 is 1.85 bits per heavy atom. The predicted molar refractivity (Wildman–Crippen MR) is 74.4 cm³/mol. The van der Waals surface area contributed by atoms with Crippen molar-refractivity contribution in [1.82, 2.24) is 4.57 Å². The molecule has 1 N–H and O–H groups in total. The lowest BCUT2D eigenvalue weighted by atomic mass is 10.1. The first kappa shape index (κ1) is 12.4. The maximum absolute atomic E-state index is 13.6. The first-order valence-corrected chi connectivity index (χ1v) is 6.21. The van der Waals surface area contributed by atoms with Crippen LogP contribution < -0.4 is 0 Å². The van der Waals surface area contributed by atoms with Crippen LogP contribution in [0.5, 0.6) is 0 Å². The number of hydrogen-bond donors (Lipinski definition) is 1. The van der Waals surface area contributed by atoms with Crippen LogP contribution in [0.1, 0.15) is 15.9 Å². The zero-order valence-corrected chi connectivity index (χ0v) is 10.6. The molecule has 20 heavy (non-hydrogen) atoms. The van der Waals surface area contributed by atoms with Crippen molar-refractivity contribution in [2.75, 3.05) is 0 Å². The fourth-order valence-corrected chi connectivity index (χ4v) is 2.27. The summed E-state index contributed by atoms with van der Waals surface area (Å²) in [5, 5.41) is 9.45. The number of aromatic nitrogens is 1. The summed E-state index contributed by atoms with van der Waals surface area (Å²) in [5.74, 6) is -1.17. The van der Waals surface area contributed by atoms with Crippen molar-refractivity contribution in [2.45, 2.75) is 6.54 Å². The van der Waals surface area contributed by atoms with Gasteiger partial charge in [0.1, 0.15) is 5.82 Å². The summed E-state index contributed by atoms with van der Waals surface area (Å²) in [7, 11) is 0. The summed E-state index contributed by atoms with van der Waals surface area (Å²) in [6, 6.07) is 13.4. The van der Waals surface area contributed by atoms with Gasteiger partial charge in [-0.2, -0.15) is 0 Å². The molecule has 0 saturated heterocycles. The summed E-state index contributed by atoms with van der Waals surface area (Å²) in [6.07, 6.45) is 1.83. The van der Waals surface area contributed by atoms with Gasteiger partial charge in [0.05, 0.1) is 11.1 Å². The molecule has 0 aliphatic rings. The van der Waals surface area contributed by atoms with E-state index in [-0.39, 0.29) is 11.4 Å². The zero-order chi connectivity index (χ0) is 14.1. The number of halogens is 1. The molecule has 1 heterocycles. The monoisotopic (exact) mass is 269 g/mol. The lowest BCUT2D eigenvalue weighted by Crippen LogP contribution is -2.00. The van der Waals surface area contributed by atoms with Crippen LogP contribution in [0.2, 0.25) is 0 Å². The summed E-state index contributed by atoms with van der Waals surface area (Å²) in [5.41, 5.74) is 2.06. The van der Waals surface area contributed by atoms with Gasteiger partial charge in [0.2, 0.25) is 0 Å². The molecule has 0 radical (unpaired) electrons. The largest absolute Gasteiger partial charge is 0.478 e. The third-order valence-corrected chi connectivity index (χ3v) is 3.31. The molecule has 100 valence electrons. The SMILES string of the molecule is O=C(O)c1ccc(Cn2ccc3c(F)cccc32)cc1. The van der Waals surface area contributed by atoms with E-state index in [2.05, 4.69) is 0 Å². The number of benzene rings is 2. The van der Waals surface area contributed by atoms with Crippen molar-refractivity contribution >= 4 is 16.9 Å². The average Bonchev–Trinajstić information content (AvgIpc) is 2.84. The molecule has 3 rings (SSSR count). The molecule has 0 saturated carbocycles. The van der Waals surface area contributed by atoms with Crippen LogP contribution in [0.15, 0.2) is 54.7 Å². The van der Waals surface area contributed by atoms with Gasteiger partial charge in [-0.25, -0.2) is 9.18 Å². The van der Waals surface area contributed by atoms with E-state index in [1.807, 2.05) is 16.8 Å². The van der Waals surface area contributed by atoms with Gasteiger partial charge in [-0.3, -0.25) is 0 Å². The molecule has 0 bridgehead atoms. The lowest BCUT2D eigenvalue weighted by molar-refractivity contribution is 0.0697. The van der Waals surface area contributed by atoms with Gasteiger partial charge in [-0.1, -0.05) is 18.2 Å². The van der Waals surface area contributed by atoms with Crippen LogP contribution in [0.4, 0.5) is 4.39 Å². The van der Waals surface area contributed by atoms with E-state index in [1.54, 1.807) is 36.4 Å². The predicted octanol–water partition coefficient (Wildman–Crippen LogP) is 3.53. The molecule has 0 fully saturated rings. The Kier molecular flexibility index (Phi) is 2.99. The minimum absolute atomic E-state index is 0.234. The number of fused-ring (bicyclic) bond motifs is 1. The summed E-state index contributed by atoms with van der Waals surface area (Å²) < 4.78 is 15.5. The van der Waals surface area contributed by atoms with Crippen molar-refractivity contribution in [1.29, 1.82) is 0 Å². The third-order valence-electron chi connectivity index (χ3n) is 3.31. The molecule has 1 aromatic heterocycles. The fourth-order valence-electron chi connectivity index (χ4n) is 2.27. The molecule has 4 heteroatoms. The highest BCUT2D eigenvalue weighted by Crippen LogP contribution is 2.20. The Labute approximate surface area is 114 Å². The molecule has 0 unspecified atom stereocenters. The lowest BCUT2D eigenvalue weighted by Gasteiger charge is -2.06. The molecule has 0 atom stereocenters. The van der Waals surface area contributed by atoms with E-state index in [0.29, 0.717) is 11.9 Å². The van der Waals surface area contributed by atoms with Crippen molar-refractivity contribution in [3.05, 3.63) is 71.7 Å². The van der Waals surface area contributed by atoms with Crippen LogP contribution in [0.25, 0.3) is 10.9 Å². The van der Waals surface area contributed by atoms with Crippen LogP contribution in [-0.2, 0) is 6.54 Å². The molecule has 0 aliphatic carbocycles. The van der Waals surface area contributed by atoms with Crippen LogP contribution in [0.3, 0.4) is 0 Å². The molecular weight excluding hydrogens is 257 g/mol. The van der Waals surface area contributed by atoms with Crippen LogP contribution in [-0.4, -0.2) is 15.6 Å². The number of nitrogens with zero attached hydrogens (tertiary/aromatic N) is 1. The van der Waals surface area contributed by atoms with Gasteiger partial charge in [0.25, 0.3) is 0 Å². The molecule has 3 aromatic rings. The smallest absolute Gasteiger partial charge is 0.335 e. The first-order valence-electron chi connectivity index (χ1n) is 6.21. The number of carbonyl (C=O) groups is 1. The van der Waals surface area contributed by atoms with Crippen molar-refractivity contribution in [3.63, 3.8) is 0 Å². The van der Waals surface area contributed by atoms with Gasteiger partial charge in [-0.05, 0) is 35.9 Å². The van der Waals surface area contributed by atoms with Crippen molar-refractivity contribution in [3.8, 4) is 0 Å². The third kappa shape index (κ3) is 2.16. The number of carboxylic acids is 1. The molecule has 0 spiro atoms. The van der Waals surface area contributed by atoms with E-state index < -0.39 is 5.97 Å². The highest BCUT2D eigenvalue weighted by molar-refractivity contribution is 5.87. The van der Waals surface area contributed by atoms with E-state index in [9.17, 15) is 9.18 Å². The summed E-state index contributed by atoms with van der Waals surface area (Å²) in [4.78, 5) is 10.8. The maximum Gasteiger partial charge on any atom is 0.335 e. The number of aromatic carboxylic acids is 1. The molecule has 2 aromatic carbocycles. The summed E-state index contributed by atoms with van der Waals surface area (Å²) in [6.45, 7) is 0.576. The van der Waals surface area contributed by atoms with Crippen molar-refractivity contribution < 1.29 is 14.3 Å². The molecule has 3 nitrogen and oxygen atoms in total. The van der Waals surface area contributed by atoms with Crippen LogP contribution in [0, 0.1) is 5.82 Å². The number of hydrogen-bond acceptors (Lipinski definition) is 1. The Hall–Kier alpha value is -2.62. The second kappa shape index (κ2) is 4.81. The molecule has 0 amide bonds. The first-order chi connectivity index (χ1) is 9.65. The van der Waals surface area contributed by atoms with E-state index >= 15 is 0 Å². The number of carboxylic acid groups (broad SMARTS) is 1. The van der Waals surface area contributed by atoms with E-state index in [0.717, 1.165) is 11.1 Å². The average molecular weight is 269 g/mol. The molecule has 0 aliphatic heterocycles. The van der Waals surface area contributed by atoms with Crippen molar-refractivity contribution in [2.24, 2.45) is 0 Å². The minimum Gasteiger partial charge on any atom is -0.478 e. The Morgan fingerprint density at radius 3 is 2.55 bits per heavy atom. The van der Waals surface area contributed by atoms with Gasteiger partial charge in [-0.15, -0.1) is 0 Å². The Morgan fingerprint density at radius 1 is 1.10 bits per heavy atom. The van der Waals surface area contributed by atoms with Gasteiger partial charge >= 0.3 is 5.97 Å².